The van der Waals surface area contributed by atoms with E-state index in [1.54, 1.807) is 6.07 Å². The lowest BCUT2D eigenvalue weighted by Gasteiger charge is -2.29. The molecule has 0 radical (unpaired) electrons. The van der Waals surface area contributed by atoms with Crippen molar-refractivity contribution in [2.24, 2.45) is 0 Å². The zero-order chi connectivity index (χ0) is 13.5. The van der Waals surface area contributed by atoms with Gasteiger partial charge >= 0.3 is 0 Å². The highest BCUT2D eigenvalue weighted by Crippen LogP contribution is 2.19. The van der Waals surface area contributed by atoms with Gasteiger partial charge in [0.15, 0.2) is 0 Å². The molecular formula is C14H20Cl2FN. The molecule has 0 heterocycles. The summed E-state index contributed by atoms with van der Waals surface area (Å²) in [5.41, 5.74) is 0.939. The fraction of sp³-hybridized carbons (Fsp3) is 0.571. The molecule has 0 atom stereocenters. The molecule has 0 aromatic heterocycles. The summed E-state index contributed by atoms with van der Waals surface area (Å²) in [7, 11) is 0. The molecule has 0 N–H and O–H groups in total. The Labute approximate surface area is 119 Å². The Morgan fingerprint density at radius 2 is 1.94 bits per heavy atom. The Morgan fingerprint density at radius 3 is 2.44 bits per heavy atom. The van der Waals surface area contributed by atoms with Gasteiger partial charge in [-0.25, -0.2) is 4.39 Å². The molecule has 1 aromatic carbocycles. The molecule has 0 saturated heterocycles. The number of rotatable bonds is 7. The van der Waals surface area contributed by atoms with Crippen LogP contribution in [0.4, 0.5) is 4.39 Å². The van der Waals surface area contributed by atoms with E-state index in [0.717, 1.165) is 24.9 Å². The van der Waals surface area contributed by atoms with Crippen LogP contribution in [0.15, 0.2) is 18.2 Å². The number of alkyl halides is 1. The Bertz CT molecular complexity index is 367. The Hall–Kier alpha value is -0.310. The van der Waals surface area contributed by atoms with Crippen LogP contribution in [0, 0.1) is 5.82 Å². The van der Waals surface area contributed by atoms with Crippen LogP contribution in [0.25, 0.3) is 0 Å². The van der Waals surface area contributed by atoms with Crippen molar-refractivity contribution in [1.82, 2.24) is 4.90 Å². The van der Waals surface area contributed by atoms with Gasteiger partial charge in [-0.2, -0.15) is 0 Å². The Kier molecular flexibility index (Phi) is 6.98. The van der Waals surface area contributed by atoms with E-state index in [2.05, 4.69) is 18.7 Å². The van der Waals surface area contributed by atoms with E-state index in [-0.39, 0.29) is 10.8 Å². The molecule has 1 aromatic rings. The van der Waals surface area contributed by atoms with Crippen LogP contribution in [0.2, 0.25) is 5.02 Å². The summed E-state index contributed by atoms with van der Waals surface area (Å²) < 4.78 is 13.4. The van der Waals surface area contributed by atoms with Crippen molar-refractivity contribution >= 4 is 23.2 Å². The van der Waals surface area contributed by atoms with Gasteiger partial charge in [-0.1, -0.05) is 31.5 Å². The van der Waals surface area contributed by atoms with Crippen LogP contribution in [0.3, 0.4) is 0 Å². The van der Waals surface area contributed by atoms with Crippen LogP contribution >= 0.6 is 23.2 Å². The predicted molar refractivity (Wildman–Crippen MR) is 76.9 cm³/mol. The molecule has 0 bridgehead atoms. The van der Waals surface area contributed by atoms with E-state index in [1.165, 1.54) is 6.07 Å². The van der Waals surface area contributed by atoms with E-state index < -0.39 is 0 Å². The van der Waals surface area contributed by atoms with E-state index in [4.69, 9.17) is 23.2 Å². The van der Waals surface area contributed by atoms with Crippen molar-refractivity contribution < 1.29 is 4.39 Å². The van der Waals surface area contributed by atoms with Gasteiger partial charge in [0.2, 0.25) is 0 Å². The van der Waals surface area contributed by atoms with Crippen LogP contribution in [0.1, 0.15) is 32.3 Å². The van der Waals surface area contributed by atoms with Gasteiger partial charge in [0.1, 0.15) is 5.82 Å². The highest BCUT2D eigenvalue weighted by Gasteiger charge is 2.15. The first-order valence-electron chi connectivity index (χ1n) is 6.36. The molecule has 0 aliphatic rings. The fourth-order valence-electron chi connectivity index (χ4n) is 2.18. The van der Waals surface area contributed by atoms with E-state index in [0.29, 0.717) is 18.5 Å². The lowest BCUT2D eigenvalue weighted by Crippen LogP contribution is -2.35. The molecular weight excluding hydrogens is 272 g/mol. The van der Waals surface area contributed by atoms with Gasteiger partial charge in [0.05, 0.1) is 5.02 Å². The molecule has 1 rings (SSSR count). The summed E-state index contributed by atoms with van der Waals surface area (Å²) in [6, 6.07) is 5.47. The maximum atomic E-state index is 13.4. The number of nitrogens with zero attached hydrogens (tertiary/aromatic N) is 1. The average molecular weight is 292 g/mol. The second-order valence-electron chi connectivity index (χ2n) is 4.38. The van der Waals surface area contributed by atoms with Gasteiger partial charge < -0.3 is 0 Å². The van der Waals surface area contributed by atoms with Crippen LogP contribution in [-0.2, 0) is 6.54 Å². The average Bonchev–Trinajstić information content (AvgIpc) is 2.35. The molecule has 0 spiro atoms. The summed E-state index contributed by atoms with van der Waals surface area (Å²) in [5, 5.41) is 0.171. The Balaban J connectivity index is 2.78. The number of halogens is 3. The lowest BCUT2D eigenvalue weighted by atomic mass is 10.1. The summed E-state index contributed by atoms with van der Waals surface area (Å²) in [6.45, 7) is 5.86. The molecule has 0 saturated carbocycles. The van der Waals surface area contributed by atoms with Crippen molar-refractivity contribution in [3.8, 4) is 0 Å². The number of hydrogen-bond acceptors (Lipinski definition) is 1. The van der Waals surface area contributed by atoms with E-state index in [1.807, 2.05) is 6.07 Å². The standard InChI is InChI=1S/C14H20Cl2FN/c1-3-12(4-2)18(8-7-15)10-11-5-6-13(16)14(17)9-11/h5-6,9,12H,3-4,7-8,10H2,1-2H3. The number of hydrogen-bond donors (Lipinski definition) is 0. The van der Waals surface area contributed by atoms with Crippen molar-refractivity contribution in [1.29, 1.82) is 0 Å². The van der Waals surface area contributed by atoms with Crippen LogP contribution in [-0.4, -0.2) is 23.4 Å². The third-order valence-electron chi connectivity index (χ3n) is 3.20. The smallest absolute Gasteiger partial charge is 0.142 e. The van der Waals surface area contributed by atoms with Crippen molar-refractivity contribution in [2.75, 3.05) is 12.4 Å². The fourth-order valence-corrected chi connectivity index (χ4v) is 2.51. The molecule has 4 heteroatoms. The van der Waals surface area contributed by atoms with Crippen LogP contribution in [0.5, 0.6) is 0 Å². The molecule has 0 aliphatic carbocycles. The molecule has 0 aliphatic heterocycles. The third-order valence-corrected chi connectivity index (χ3v) is 3.68. The monoisotopic (exact) mass is 291 g/mol. The minimum Gasteiger partial charge on any atom is -0.295 e. The summed E-state index contributed by atoms with van der Waals surface area (Å²) >= 11 is 11.5. The molecule has 0 unspecified atom stereocenters. The van der Waals surface area contributed by atoms with Crippen molar-refractivity contribution in [3.63, 3.8) is 0 Å². The molecule has 102 valence electrons. The second-order valence-corrected chi connectivity index (χ2v) is 5.16. The predicted octanol–water partition coefficient (Wildman–Crippen LogP) is 4.71. The van der Waals surface area contributed by atoms with Gasteiger partial charge in [-0.15, -0.1) is 11.6 Å². The van der Waals surface area contributed by atoms with Gasteiger partial charge in [-0.05, 0) is 30.5 Å². The second kappa shape index (κ2) is 7.98. The molecule has 0 amide bonds. The maximum absolute atomic E-state index is 13.4. The summed E-state index contributed by atoms with van der Waals surface area (Å²) in [6.07, 6.45) is 2.15. The van der Waals surface area contributed by atoms with Gasteiger partial charge in [-0.3, -0.25) is 4.90 Å². The Morgan fingerprint density at radius 1 is 1.28 bits per heavy atom. The summed E-state index contributed by atoms with van der Waals surface area (Å²) in [4.78, 5) is 2.30. The first kappa shape index (κ1) is 15.7. The lowest BCUT2D eigenvalue weighted by molar-refractivity contribution is 0.188. The van der Waals surface area contributed by atoms with E-state index >= 15 is 0 Å². The highest BCUT2D eigenvalue weighted by atomic mass is 35.5. The molecule has 0 fully saturated rings. The van der Waals surface area contributed by atoms with Crippen molar-refractivity contribution in [2.45, 2.75) is 39.3 Å². The largest absolute Gasteiger partial charge is 0.295 e. The maximum Gasteiger partial charge on any atom is 0.142 e. The SMILES string of the molecule is CCC(CC)N(CCCl)Cc1ccc(Cl)c(F)c1. The quantitative estimate of drug-likeness (QED) is 0.658. The van der Waals surface area contributed by atoms with E-state index in [9.17, 15) is 4.39 Å². The minimum absolute atomic E-state index is 0.171. The first-order valence-corrected chi connectivity index (χ1v) is 7.27. The van der Waals surface area contributed by atoms with Crippen molar-refractivity contribution in [3.05, 3.63) is 34.6 Å². The molecule has 1 nitrogen and oxygen atoms in total. The highest BCUT2D eigenvalue weighted by molar-refractivity contribution is 6.30. The van der Waals surface area contributed by atoms with Gasteiger partial charge in [0.25, 0.3) is 0 Å². The normalized spacial score (nSPS) is 11.5. The zero-order valence-electron chi connectivity index (χ0n) is 10.9. The number of benzene rings is 1. The third kappa shape index (κ3) is 4.42. The van der Waals surface area contributed by atoms with Gasteiger partial charge in [0, 0.05) is 25.0 Å². The van der Waals surface area contributed by atoms with Crippen LogP contribution < -0.4 is 0 Å². The topological polar surface area (TPSA) is 3.24 Å². The summed E-state index contributed by atoms with van der Waals surface area (Å²) in [5.74, 6) is 0.233. The molecule has 18 heavy (non-hydrogen) atoms. The minimum atomic E-state index is -0.357. The first-order chi connectivity index (χ1) is 8.62. The zero-order valence-corrected chi connectivity index (χ0v) is 12.4.